The minimum Gasteiger partial charge on any atom is -0.400 e. The van der Waals surface area contributed by atoms with Crippen LogP contribution in [0.25, 0.3) is 0 Å². The van der Waals surface area contributed by atoms with E-state index in [1.807, 2.05) is 6.07 Å². The number of hydrogen-bond acceptors (Lipinski definition) is 7. The van der Waals surface area contributed by atoms with E-state index in [1.165, 1.54) is 5.56 Å². The fourth-order valence-corrected chi connectivity index (χ4v) is 2.56. The first-order valence-corrected chi connectivity index (χ1v) is 9.68. The summed E-state index contributed by atoms with van der Waals surface area (Å²) in [6.45, 7) is 11.0. The molecule has 1 aromatic carbocycles. The molecule has 0 aromatic heterocycles. The van der Waals surface area contributed by atoms with Gasteiger partial charge in [0.25, 0.3) is 0 Å². The van der Waals surface area contributed by atoms with Gasteiger partial charge in [-0.05, 0) is 5.56 Å². The summed E-state index contributed by atoms with van der Waals surface area (Å²) in [5.74, 6) is 0. The number of ether oxygens (including phenoxy) is 4. The Bertz CT molecular complexity index is 384. The van der Waals surface area contributed by atoms with Crippen LogP contribution in [0.5, 0.6) is 0 Å². The van der Waals surface area contributed by atoms with Gasteiger partial charge in [-0.15, -0.1) is 0 Å². The van der Waals surface area contributed by atoms with Crippen molar-refractivity contribution < 1.29 is 24.1 Å². The highest BCUT2D eigenvalue weighted by Gasteiger charge is 2.07. The first kappa shape index (κ1) is 26.9. The summed E-state index contributed by atoms with van der Waals surface area (Å²) >= 11 is 0. The molecular formula is C21H40N2O5. The van der Waals surface area contributed by atoms with Gasteiger partial charge in [0.2, 0.25) is 0 Å². The summed E-state index contributed by atoms with van der Waals surface area (Å²) in [5, 5.41) is 10.2. The number of rotatable bonds is 2. The quantitative estimate of drug-likeness (QED) is 0.777. The average molecular weight is 401 g/mol. The lowest BCUT2D eigenvalue weighted by Crippen LogP contribution is -2.29. The zero-order valence-electron chi connectivity index (χ0n) is 16.6. The van der Waals surface area contributed by atoms with E-state index in [1.54, 1.807) is 0 Å². The van der Waals surface area contributed by atoms with Gasteiger partial charge in [0, 0.05) is 39.8 Å². The molecule has 0 unspecified atom stereocenters. The van der Waals surface area contributed by atoms with Crippen molar-refractivity contribution in [3.05, 3.63) is 35.9 Å². The summed E-state index contributed by atoms with van der Waals surface area (Å²) < 4.78 is 21.2. The molecule has 7 nitrogen and oxygen atoms in total. The molecular weight excluding hydrogens is 360 g/mol. The van der Waals surface area contributed by atoms with Crippen LogP contribution in [0.4, 0.5) is 0 Å². The molecule has 3 rings (SSSR count). The van der Waals surface area contributed by atoms with Crippen molar-refractivity contribution in [1.82, 2.24) is 10.2 Å². The number of benzene rings is 1. The van der Waals surface area contributed by atoms with Gasteiger partial charge in [0.05, 0.1) is 52.9 Å². The topological polar surface area (TPSA) is 72.4 Å². The first-order chi connectivity index (χ1) is 13.4. The average Bonchev–Trinajstić information content (AvgIpc) is 2.96. The van der Waals surface area contributed by atoms with Crippen molar-refractivity contribution in [2.75, 3.05) is 86.1 Å². The standard InChI is InChI=1S/C13H19NO2.C6H13NO2.CH4O.CH4/c1-2-4-13(5-3-1)12-14-6-8-15-10-11-16-9-7-14;1-3-8-5-6-9-4-2-7-1;1-2;/h1-5H,6-12H2;7H,1-6H2;2H,1H3;1H4. The Hall–Kier alpha value is -1.06. The van der Waals surface area contributed by atoms with Crippen LogP contribution in [-0.2, 0) is 25.5 Å². The molecule has 1 aromatic rings. The third-order valence-corrected chi connectivity index (χ3v) is 3.94. The Balaban J connectivity index is 0.000000521. The van der Waals surface area contributed by atoms with Crippen LogP contribution in [-0.4, -0.2) is 96.2 Å². The second-order valence-electron chi connectivity index (χ2n) is 5.96. The molecule has 2 heterocycles. The SMILES string of the molecule is C.C1COCCOCCN1.CO.c1ccc(CN2CCOCCOCC2)cc1. The van der Waals surface area contributed by atoms with Gasteiger partial charge in [-0.1, -0.05) is 37.8 Å². The molecule has 0 saturated carbocycles. The van der Waals surface area contributed by atoms with Crippen molar-refractivity contribution in [1.29, 1.82) is 0 Å². The largest absolute Gasteiger partial charge is 0.400 e. The third kappa shape index (κ3) is 14.9. The lowest BCUT2D eigenvalue weighted by atomic mass is 10.2. The molecule has 7 heteroatoms. The van der Waals surface area contributed by atoms with Crippen molar-refractivity contribution in [2.24, 2.45) is 0 Å². The highest BCUT2D eigenvalue weighted by atomic mass is 16.5. The fourth-order valence-electron chi connectivity index (χ4n) is 2.56. The van der Waals surface area contributed by atoms with E-state index in [2.05, 4.69) is 34.5 Å². The Kier molecular flexibility index (Phi) is 19.9. The monoisotopic (exact) mass is 400 g/mol. The number of nitrogens with zero attached hydrogens (tertiary/aromatic N) is 1. The van der Waals surface area contributed by atoms with Crippen LogP contribution >= 0.6 is 0 Å². The Morgan fingerprint density at radius 1 is 0.750 bits per heavy atom. The summed E-state index contributed by atoms with van der Waals surface area (Å²) in [6, 6.07) is 10.5. The molecule has 0 spiro atoms. The van der Waals surface area contributed by atoms with Gasteiger partial charge >= 0.3 is 0 Å². The van der Waals surface area contributed by atoms with E-state index in [0.717, 1.165) is 92.7 Å². The number of hydrogen-bond donors (Lipinski definition) is 2. The second kappa shape index (κ2) is 20.7. The molecule has 0 amide bonds. The molecule has 2 saturated heterocycles. The van der Waals surface area contributed by atoms with Crippen LogP contribution in [0.15, 0.2) is 30.3 Å². The van der Waals surface area contributed by atoms with E-state index in [4.69, 9.17) is 24.1 Å². The summed E-state index contributed by atoms with van der Waals surface area (Å²) in [5.41, 5.74) is 1.35. The number of aliphatic hydroxyl groups is 1. The molecule has 0 radical (unpaired) electrons. The van der Waals surface area contributed by atoms with Gasteiger partial charge in [-0.2, -0.15) is 0 Å². The first-order valence-electron chi connectivity index (χ1n) is 9.68. The molecule has 2 aliphatic rings. The van der Waals surface area contributed by atoms with Crippen LogP contribution in [0.3, 0.4) is 0 Å². The molecule has 0 aliphatic carbocycles. The lowest BCUT2D eigenvalue weighted by Gasteiger charge is -2.20. The molecule has 2 aliphatic heterocycles. The Labute approximate surface area is 170 Å². The van der Waals surface area contributed by atoms with Crippen molar-refractivity contribution >= 4 is 0 Å². The number of aliphatic hydroxyl groups excluding tert-OH is 1. The highest BCUT2D eigenvalue weighted by molar-refractivity contribution is 5.14. The third-order valence-electron chi connectivity index (χ3n) is 3.94. The number of nitrogens with one attached hydrogen (secondary N) is 1. The van der Waals surface area contributed by atoms with E-state index in [-0.39, 0.29) is 7.43 Å². The predicted octanol–water partition coefficient (Wildman–Crippen LogP) is 1.40. The lowest BCUT2D eigenvalue weighted by molar-refractivity contribution is 0.0629. The summed E-state index contributed by atoms with van der Waals surface area (Å²) in [7, 11) is 1.00. The molecule has 28 heavy (non-hydrogen) atoms. The van der Waals surface area contributed by atoms with Crippen molar-refractivity contribution in [3.8, 4) is 0 Å². The maximum Gasteiger partial charge on any atom is 0.0701 e. The summed E-state index contributed by atoms with van der Waals surface area (Å²) in [4.78, 5) is 2.38. The normalized spacial score (nSPS) is 19.2. The van der Waals surface area contributed by atoms with Crippen molar-refractivity contribution in [2.45, 2.75) is 14.0 Å². The van der Waals surface area contributed by atoms with E-state index in [0.29, 0.717) is 0 Å². The Morgan fingerprint density at radius 3 is 1.71 bits per heavy atom. The highest BCUT2D eigenvalue weighted by Crippen LogP contribution is 2.04. The second-order valence-corrected chi connectivity index (χ2v) is 5.96. The van der Waals surface area contributed by atoms with Crippen LogP contribution in [0.2, 0.25) is 0 Å². The van der Waals surface area contributed by atoms with Crippen LogP contribution in [0.1, 0.15) is 13.0 Å². The van der Waals surface area contributed by atoms with Gasteiger partial charge in [0.15, 0.2) is 0 Å². The zero-order valence-corrected chi connectivity index (χ0v) is 16.6. The predicted molar refractivity (Wildman–Crippen MR) is 113 cm³/mol. The maximum atomic E-state index is 7.00. The van der Waals surface area contributed by atoms with Crippen LogP contribution in [0, 0.1) is 0 Å². The van der Waals surface area contributed by atoms with Gasteiger partial charge < -0.3 is 29.4 Å². The minimum absolute atomic E-state index is 0. The fraction of sp³-hybridized carbons (Fsp3) is 0.714. The molecule has 0 atom stereocenters. The van der Waals surface area contributed by atoms with E-state index < -0.39 is 0 Å². The van der Waals surface area contributed by atoms with E-state index in [9.17, 15) is 0 Å². The van der Waals surface area contributed by atoms with Gasteiger partial charge in [0.1, 0.15) is 0 Å². The van der Waals surface area contributed by atoms with Crippen molar-refractivity contribution in [3.63, 3.8) is 0 Å². The molecule has 164 valence electrons. The molecule has 2 fully saturated rings. The van der Waals surface area contributed by atoms with Gasteiger partial charge in [-0.25, -0.2) is 0 Å². The smallest absolute Gasteiger partial charge is 0.0701 e. The summed E-state index contributed by atoms with van der Waals surface area (Å²) in [6.07, 6.45) is 0. The van der Waals surface area contributed by atoms with Gasteiger partial charge in [-0.3, -0.25) is 4.90 Å². The molecule has 2 N–H and O–H groups in total. The Morgan fingerprint density at radius 2 is 1.21 bits per heavy atom. The molecule has 0 bridgehead atoms. The van der Waals surface area contributed by atoms with E-state index >= 15 is 0 Å². The maximum absolute atomic E-state index is 7.00. The van der Waals surface area contributed by atoms with Crippen LogP contribution < -0.4 is 5.32 Å². The zero-order chi connectivity index (χ0) is 19.4. The minimum atomic E-state index is 0.